The first-order valence-electron chi connectivity index (χ1n) is 7.89. The van der Waals surface area contributed by atoms with Crippen LogP contribution in [0.4, 0.5) is 5.82 Å². The summed E-state index contributed by atoms with van der Waals surface area (Å²) in [5.74, 6) is 0.743. The molecule has 118 valence electrons. The van der Waals surface area contributed by atoms with Crippen molar-refractivity contribution in [2.45, 2.75) is 25.7 Å². The van der Waals surface area contributed by atoms with Crippen molar-refractivity contribution in [1.29, 1.82) is 0 Å². The Morgan fingerprint density at radius 3 is 2.64 bits per heavy atom. The SMILES string of the molecule is O=C(c1ccc(N2CCCCCC2=O)nc1)N1CCOCC1. The molecule has 6 nitrogen and oxygen atoms in total. The molecule has 1 aromatic rings. The summed E-state index contributed by atoms with van der Waals surface area (Å²) in [6.07, 6.45) is 5.18. The number of carbonyl (C=O) groups is 2. The van der Waals surface area contributed by atoms with Crippen molar-refractivity contribution in [3.8, 4) is 0 Å². The van der Waals surface area contributed by atoms with E-state index in [0.717, 1.165) is 19.3 Å². The fourth-order valence-electron chi connectivity index (χ4n) is 2.85. The van der Waals surface area contributed by atoms with Gasteiger partial charge in [0.15, 0.2) is 0 Å². The van der Waals surface area contributed by atoms with Crippen LogP contribution >= 0.6 is 0 Å². The number of hydrogen-bond donors (Lipinski definition) is 0. The van der Waals surface area contributed by atoms with E-state index in [1.807, 2.05) is 0 Å². The molecule has 2 saturated heterocycles. The van der Waals surface area contributed by atoms with Gasteiger partial charge in [-0.25, -0.2) is 4.98 Å². The van der Waals surface area contributed by atoms with Gasteiger partial charge in [-0.05, 0) is 25.0 Å². The summed E-state index contributed by atoms with van der Waals surface area (Å²) in [6, 6.07) is 3.54. The van der Waals surface area contributed by atoms with Crippen LogP contribution in [0.3, 0.4) is 0 Å². The smallest absolute Gasteiger partial charge is 0.255 e. The summed E-state index contributed by atoms with van der Waals surface area (Å²) in [5, 5.41) is 0. The lowest BCUT2D eigenvalue weighted by atomic mass is 10.2. The van der Waals surface area contributed by atoms with Gasteiger partial charge in [0.1, 0.15) is 5.82 Å². The molecule has 0 saturated carbocycles. The molecule has 0 spiro atoms. The van der Waals surface area contributed by atoms with Crippen LogP contribution in [-0.4, -0.2) is 54.5 Å². The number of pyridine rings is 1. The lowest BCUT2D eigenvalue weighted by Gasteiger charge is -2.27. The fourth-order valence-corrected chi connectivity index (χ4v) is 2.85. The maximum absolute atomic E-state index is 12.4. The summed E-state index contributed by atoms with van der Waals surface area (Å²) in [4.78, 5) is 32.3. The highest BCUT2D eigenvalue weighted by molar-refractivity contribution is 5.95. The molecule has 2 aliphatic heterocycles. The largest absolute Gasteiger partial charge is 0.378 e. The van der Waals surface area contributed by atoms with Crippen LogP contribution in [0, 0.1) is 0 Å². The molecule has 0 bridgehead atoms. The van der Waals surface area contributed by atoms with Gasteiger partial charge in [0.2, 0.25) is 5.91 Å². The molecule has 0 atom stereocenters. The molecule has 0 aliphatic carbocycles. The topological polar surface area (TPSA) is 62.7 Å². The zero-order valence-electron chi connectivity index (χ0n) is 12.7. The lowest BCUT2D eigenvalue weighted by Crippen LogP contribution is -2.40. The van der Waals surface area contributed by atoms with E-state index in [-0.39, 0.29) is 11.8 Å². The molecule has 2 aliphatic rings. The first kappa shape index (κ1) is 15.0. The van der Waals surface area contributed by atoms with Crippen molar-refractivity contribution in [2.75, 3.05) is 37.7 Å². The number of hydrogen-bond acceptors (Lipinski definition) is 4. The predicted octanol–water partition coefficient (Wildman–Crippen LogP) is 1.46. The summed E-state index contributed by atoms with van der Waals surface area (Å²) in [6.45, 7) is 3.11. The van der Waals surface area contributed by atoms with Gasteiger partial charge >= 0.3 is 0 Å². The molecule has 0 N–H and O–H groups in total. The number of ether oxygens (including phenoxy) is 1. The Bertz CT molecular complexity index is 538. The summed E-state index contributed by atoms with van der Waals surface area (Å²) in [7, 11) is 0. The molecule has 0 radical (unpaired) electrons. The van der Waals surface area contributed by atoms with Gasteiger partial charge in [-0.2, -0.15) is 0 Å². The van der Waals surface area contributed by atoms with E-state index in [9.17, 15) is 9.59 Å². The van der Waals surface area contributed by atoms with Crippen LogP contribution in [0.5, 0.6) is 0 Å². The molecule has 2 amide bonds. The van der Waals surface area contributed by atoms with Crippen molar-refractivity contribution in [3.05, 3.63) is 23.9 Å². The van der Waals surface area contributed by atoms with E-state index in [1.54, 1.807) is 28.1 Å². The molecular weight excluding hydrogens is 282 g/mol. The third-order valence-corrected chi connectivity index (χ3v) is 4.14. The molecule has 0 unspecified atom stereocenters. The molecule has 22 heavy (non-hydrogen) atoms. The zero-order chi connectivity index (χ0) is 15.4. The monoisotopic (exact) mass is 303 g/mol. The number of morpholine rings is 1. The first-order chi connectivity index (χ1) is 10.8. The van der Waals surface area contributed by atoms with Crippen LogP contribution in [0.25, 0.3) is 0 Å². The van der Waals surface area contributed by atoms with Crippen LogP contribution in [0.2, 0.25) is 0 Å². The van der Waals surface area contributed by atoms with E-state index in [1.165, 1.54) is 0 Å². The maximum Gasteiger partial charge on any atom is 0.255 e. The molecule has 0 aromatic carbocycles. The van der Waals surface area contributed by atoms with E-state index < -0.39 is 0 Å². The number of amides is 2. The summed E-state index contributed by atoms with van der Waals surface area (Å²) >= 11 is 0. The Labute approximate surface area is 130 Å². The van der Waals surface area contributed by atoms with Gasteiger partial charge in [0.25, 0.3) is 5.91 Å². The van der Waals surface area contributed by atoms with Crippen LogP contribution in [-0.2, 0) is 9.53 Å². The van der Waals surface area contributed by atoms with Crippen LogP contribution < -0.4 is 4.90 Å². The number of anilines is 1. The Morgan fingerprint density at radius 2 is 1.91 bits per heavy atom. The minimum Gasteiger partial charge on any atom is -0.378 e. The van der Waals surface area contributed by atoms with Gasteiger partial charge in [0.05, 0.1) is 18.8 Å². The van der Waals surface area contributed by atoms with Crippen molar-refractivity contribution in [2.24, 2.45) is 0 Å². The fraction of sp³-hybridized carbons (Fsp3) is 0.562. The van der Waals surface area contributed by atoms with Crippen molar-refractivity contribution in [3.63, 3.8) is 0 Å². The minimum absolute atomic E-state index is 0.0236. The second kappa shape index (κ2) is 6.87. The molecule has 3 rings (SSSR count). The van der Waals surface area contributed by atoms with E-state index in [2.05, 4.69) is 4.98 Å². The summed E-state index contributed by atoms with van der Waals surface area (Å²) in [5.41, 5.74) is 0.563. The van der Waals surface area contributed by atoms with E-state index in [4.69, 9.17) is 4.74 Å². The van der Waals surface area contributed by atoms with Crippen LogP contribution in [0.1, 0.15) is 36.0 Å². The Morgan fingerprint density at radius 1 is 1.09 bits per heavy atom. The predicted molar refractivity (Wildman–Crippen MR) is 81.8 cm³/mol. The Hall–Kier alpha value is -1.95. The standard InChI is InChI=1S/C16H21N3O3/c20-15-4-2-1-3-7-19(15)14-6-5-13(12-17-14)16(21)18-8-10-22-11-9-18/h5-6,12H,1-4,7-11H2. The van der Waals surface area contributed by atoms with Gasteiger partial charge in [-0.1, -0.05) is 6.42 Å². The van der Waals surface area contributed by atoms with Crippen molar-refractivity contribution >= 4 is 17.6 Å². The lowest BCUT2D eigenvalue weighted by molar-refractivity contribution is -0.118. The summed E-state index contributed by atoms with van der Waals surface area (Å²) < 4.78 is 5.25. The molecule has 1 aromatic heterocycles. The third-order valence-electron chi connectivity index (χ3n) is 4.14. The number of nitrogens with zero attached hydrogens (tertiary/aromatic N) is 3. The quantitative estimate of drug-likeness (QED) is 0.830. The Balaban J connectivity index is 1.71. The highest BCUT2D eigenvalue weighted by Crippen LogP contribution is 2.19. The van der Waals surface area contributed by atoms with Crippen molar-refractivity contribution < 1.29 is 14.3 Å². The van der Waals surface area contributed by atoms with Crippen molar-refractivity contribution in [1.82, 2.24) is 9.88 Å². The Kier molecular flexibility index (Phi) is 4.68. The number of rotatable bonds is 2. The first-order valence-corrected chi connectivity index (χ1v) is 7.89. The minimum atomic E-state index is -0.0236. The molecular formula is C16H21N3O3. The van der Waals surface area contributed by atoms with E-state index >= 15 is 0 Å². The zero-order valence-corrected chi connectivity index (χ0v) is 12.7. The molecule has 3 heterocycles. The van der Waals surface area contributed by atoms with Gasteiger partial charge in [-0.15, -0.1) is 0 Å². The molecule has 6 heteroatoms. The number of aromatic nitrogens is 1. The highest BCUT2D eigenvalue weighted by Gasteiger charge is 2.21. The molecule has 2 fully saturated rings. The highest BCUT2D eigenvalue weighted by atomic mass is 16.5. The second-order valence-corrected chi connectivity index (χ2v) is 5.67. The normalized spacial score (nSPS) is 19.9. The van der Waals surface area contributed by atoms with Gasteiger partial charge in [0, 0.05) is 32.3 Å². The average Bonchev–Trinajstić information content (AvgIpc) is 2.80. The van der Waals surface area contributed by atoms with Gasteiger partial charge in [-0.3, -0.25) is 14.5 Å². The second-order valence-electron chi connectivity index (χ2n) is 5.67. The third kappa shape index (κ3) is 3.27. The average molecular weight is 303 g/mol. The van der Waals surface area contributed by atoms with E-state index in [0.29, 0.717) is 50.7 Å². The maximum atomic E-state index is 12.4. The number of carbonyl (C=O) groups excluding carboxylic acids is 2. The van der Waals surface area contributed by atoms with Gasteiger partial charge < -0.3 is 9.64 Å². The van der Waals surface area contributed by atoms with Crippen LogP contribution in [0.15, 0.2) is 18.3 Å².